The van der Waals surface area contributed by atoms with Crippen molar-refractivity contribution in [2.45, 2.75) is 57.9 Å². The van der Waals surface area contributed by atoms with Gasteiger partial charge in [-0.25, -0.2) is 0 Å². The molecule has 0 aromatic rings. The molecule has 4 atom stereocenters. The van der Waals surface area contributed by atoms with Crippen LogP contribution in [-0.4, -0.2) is 24.3 Å². The normalized spacial score (nSPS) is 40.1. The van der Waals surface area contributed by atoms with Gasteiger partial charge >= 0.3 is 0 Å². The summed E-state index contributed by atoms with van der Waals surface area (Å²) in [5.41, 5.74) is 0. The quantitative estimate of drug-likeness (QED) is 0.673. The lowest BCUT2D eigenvalue weighted by molar-refractivity contribution is -0.209. The largest absolute Gasteiger partial charge is 0.346 e. The third-order valence-corrected chi connectivity index (χ3v) is 3.09. The summed E-state index contributed by atoms with van der Waals surface area (Å²) in [4.78, 5) is 0. The first-order chi connectivity index (χ1) is 7.02. The van der Waals surface area contributed by atoms with E-state index in [4.69, 9.17) is 14.2 Å². The Kier molecular flexibility index (Phi) is 2.88. The molecule has 2 fully saturated rings. The maximum absolute atomic E-state index is 5.84. The first-order valence-electron chi connectivity index (χ1n) is 5.64. The van der Waals surface area contributed by atoms with Gasteiger partial charge in [-0.2, -0.15) is 0 Å². The highest BCUT2D eigenvalue weighted by atomic mass is 16.8. The second-order valence-electron chi connectivity index (χ2n) is 4.95. The van der Waals surface area contributed by atoms with Crippen molar-refractivity contribution in [3.05, 3.63) is 12.7 Å². The van der Waals surface area contributed by atoms with E-state index in [0.29, 0.717) is 5.92 Å². The Bertz CT molecular complexity index is 233. The molecule has 0 aromatic heterocycles. The number of allylic oxidation sites excluding steroid dienone is 1. The zero-order valence-corrected chi connectivity index (χ0v) is 9.73. The summed E-state index contributed by atoms with van der Waals surface area (Å²) in [6.07, 6.45) is 4.04. The van der Waals surface area contributed by atoms with Crippen molar-refractivity contribution in [2.24, 2.45) is 5.92 Å². The van der Waals surface area contributed by atoms with Crippen molar-refractivity contribution < 1.29 is 14.2 Å². The van der Waals surface area contributed by atoms with Crippen LogP contribution in [-0.2, 0) is 14.2 Å². The van der Waals surface area contributed by atoms with E-state index in [-0.39, 0.29) is 18.5 Å². The predicted octanol–water partition coefficient (Wildman–Crippen LogP) is 2.47. The highest BCUT2D eigenvalue weighted by molar-refractivity contribution is 4.88. The second kappa shape index (κ2) is 3.89. The number of fused-ring (bicyclic) bond motifs is 1. The van der Waals surface area contributed by atoms with Gasteiger partial charge in [0.2, 0.25) is 0 Å². The van der Waals surface area contributed by atoms with E-state index in [1.807, 2.05) is 19.9 Å². The lowest BCUT2D eigenvalue weighted by atomic mass is 9.98. The van der Waals surface area contributed by atoms with Crippen LogP contribution in [0.15, 0.2) is 12.7 Å². The van der Waals surface area contributed by atoms with Crippen LogP contribution in [0.5, 0.6) is 0 Å². The molecule has 2 rings (SSSR count). The van der Waals surface area contributed by atoms with Gasteiger partial charge in [0, 0.05) is 6.42 Å². The number of rotatable bonds is 3. The molecule has 2 saturated heterocycles. The monoisotopic (exact) mass is 212 g/mol. The summed E-state index contributed by atoms with van der Waals surface area (Å²) < 4.78 is 17.3. The molecule has 0 unspecified atom stereocenters. The molecular formula is C12H20O3. The molecule has 2 heterocycles. The Labute approximate surface area is 91.4 Å². The van der Waals surface area contributed by atoms with Crippen molar-refractivity contribution in [2.75, 3.05) is 0 Å². The highest BCUT2D eigenvalue weighted by Crippen LogP contribution is 2.39. The summed E-state index contributed by atoms with van der Waals surface area (Å²) >= 11 is 0. The molecule has 3 nitrogen and oxygen atoms in total. The molecule has 2 aliphatic heterocycles. The lowest BCUT2D eigenvalue weighted by Crippen LogP contribution is -2.26. The minimum Gasteiger partial charge on any atom is -0.346 e. The van der Waals surface area contributed by atoms with Crippen molar-refractivity contribution in [1.29, 1.82) is 0 Å². The van der Waals surface area contributed by atoms with Crippen LogP contribution in [0.25, 0.3) is 0 Å². The third kappa shape index (κ3) is 2.25. The zero-order valence-electron chi connectivity index (χ0n) is 9.73. The molecule has 86 valence electrons. The third-order valence-electron chi connectivity index (χ3n) is 3.09. The van der Waals surface area contributed by atoms with E-state index in [1.165, 1.54) is 0 Å². The Hall–Kier alpha value is -0.380. The lowest BCUT2D eigenvalue weighted by Gasteiger charge is -2.23. The molecule has 0 N–H and O–H groups in total. The van der Waals surface area contributed by atoms with Crippen molar-refractivity contribution >= 4 is 0 Å². The molecule has 0 saturated carbocycles. The van der Waals surface area contributed by atoms with Crippen LogP contribution in [0.4, 0.5) is 0 Å². The van der Waals surface area contributed by atoms with Gasteiger partial charge in [-0.1, -0.05) is 13.0 Å². The van der Waals surface area contributed by atoms with Crippen LogP contribution in [0.1, 0.15) is 33.6 Å². The van der Waals surface area contributed by atoms with E-state index >= 15 is 0 Å². The maximum atomic E-state index is 5.84. The standard InChI is InChI=1S/C12H20O3/c1-5-6-8(2)9-7-10-11(13-9)15-12(3,4)14-10/h5,8-11H,1,6-7H2,2-4H3/t8-,9+,10-,11-/m1/s1. The zero-order chi connectivity index (χ0) is 11.1. The Morgan fingerprint density at radius 3 is 2.80 bits per heavy atom. The molecule has 0 aliphatic carbocycles. The molecule has 0 radical (unpaired) electrons. The first kappa shape index (κ1) is 11.1. The summed E-state index contributed by atoms with van der Waals surface area (Å²) in [6, 6.07) is 0. The van der Waals surface area contributed by atoms with Crippen molar-refractivity contribution in [1.82, 2.24) is 0 Å². The Morgan fingerprint density at radius 2 is 2.20 bits per heavy atom. The van der Waals surface area contributed by atoms with Gasteiger partial charge < -0.3 is 14.2 Å². The van der Waals surface area contributed by atoms with Gasteiger partial charge in [-0.3, -0.25) is 0 Å². The SMILES string of the molecule is C=CC[C@@H](C)[C@@H]1C[C@H]2OC(C)(C)O[C@H]2O1. The van der Waals surface area contributed by atoms with Crippen molar-refractivity contribution in [3.63, 3.8) is 0 Å². The van der Waals surface area contributed by atoms with Gasteiger partial charge in [-0.15, -0.1) is 6.58 Å². The van der Waals surface area contributed by atoms with E-state index < -0.39 is 5.79 Å². The molecule has 0 bridgehead atoms. The second-order valence-corrected chi connectivity index (χ2v) is 4.95. The van der Waals surface area contributed by atoms with Gasteiger partial charge in [0.1, 0.15) is 6.10 Å². The molecular weight excluding hydrogens is 192 g/mol. The molecule has 0 amide bonds. The summed E-state index contributed by atoms with van der Waals surface area (Å²) in [6.45, 7) is 9.78. The van der Waals surface area contributed by atoms with Crippen LogP contribution in [0.2, 0.25) is 0 Å². The number of ether oxygens (including phenoxy) is 3. The average Bonchev–Trinajstić information content (AvgIpc) is 2.57. The molecule has 15 heavy (non-hydrogen) atoms. The smallest absolute Gasteiger partial charge is 0.187 e. The van der Waals surface area contributed by atoms with Gasteiger partial charge in [0.25, 0.3) is 0 Å². The summed E-state index contributed by atoms with van der Waals surface area (Å²) in [7, 11) is 0. The minimum absolute atomic E-state index is 0.109. The molecule has 0 spiro atoms. The van der Waals surface area contributed by atoms with Crippen LogP contribution in [0.3, 0.4) is 0 Å². The fourth-order valence-corrected chi connectivity index (χ4v) is 2.32. The molecule has 0 aromatic carbocycles. The van der Waals surface area contributed by atoms with Gasteiger partial charge in [-0.05, 0) is 26.2 Å². The van der Waals surface area contributed by atoms with Crippen LogP contribution < -0.4 is 0 Å². The van der Waals surface area contributed by atoms with E-state index in [9.17, 15) is 0 Å². The topological polar surface area (TPSA) is 27.7 Å². The van der Waals surface area contributed by atoms with E-state index in [2.05, 4.69) is 13.5 Å². The van der Waals surface area contributed by atoms with E-state index in [1.54, 1.807) is 0 Å². The fraction of sp³-hybridized carbons (Fsp3) is 0.833. The van der Waals surface area contributed by atoms with Crippen molar-refractivity contribution in [3.8, 4) is 0 Å². The van der Waals surface area contributed by atoms with Gasteiger partial charge in [0.05, 0.1) is 6.10 Å². The Balaban J connectivity index is 1.91. The highest BCUT2D eigenvalue weighted by Gasteiger charge is 2.49. The number of hydrogen-bond acceptors (Lipinski definition) is 3. The van der Waals surface area contributed by atoms with Gasteiger partial charge in [0.15, 0.2) is 12.1 Å². The molecule has 3 heteroatoms. The number of hydrogen-bond donors (Lipinski definition) is 0. The summed E-state index contributed by atoms with van der Waals surface area (Å²) in [5.74, 6) is 0.00512. The van der Waals surface area contributed by atoms with Crippen LogP contribution >= 0.6 is 0 Å². The minimum atomic E-state index is -0.484. The predicted molar refractivity (Wildman–Crippen MR) is 57.3 cm³/mol. The van der Waals surface area contributed by atoms with E-state index in [0.717, 1.165) is 12.8 Å². The Morgan fingerprint density at radius 1 is 1.47 bits per heavy atom. The molecule has 2 aliphatic rings. The average molecular weight is 212 g/mol. The fourth-order valence-electron chi connectivity index (χ4n) is 2.32. The summed E-state index contributed by atoms with van der Waals surface area (Å²) in [5, 5.41) is 0. The first-order valence-corrected chi connectivity index (χ1v) is 5.64. The maximum Gasteiger partial charge on any atom is 0.187 e. The van der Waals surface area contributed by atoms with Crippen LogP contribution in [0, 0.1) is 5.92 Å².